The molecule has 2 amide bonds. The van der Waals surface area contributed by atoms with Gasteiger partial charge in [0.15, 0.2) is 0 Å². The first kappa shape index (κ1) is 17.8. The van der Waals surface area contributed by atoms with Gasteiger partial charge in [-0.05, 0) is 42.7 Å². The lowest BCUT2D eigenvalue weighted by Crippen LogP contribution is -2.46. The molecule has 5 nitrogen and oxygen atoms in total. The van der Waals surface area contributed by atoms with E-state index in [1.807, 2.05) is 4.90 Å². The molecule has 3 rings (SSSR count). The van der Waals surface area contributed by atoms with Crippen LogP contribution >= 0.6 is 0 Å². The van der Waals surface area contributed by atoms with Crippen molar-refractivity contribution in [1.82, 2.24) is 9.80 Å². The Morgan fingerprint density at radius 2 is 1.88 bits per heavy atom. The van der Waals surface area contributed by atoms with Crippen molar-refractivity contribution >= 4 is 12.0 Å². The van der Waals surface area contributed by atoms with Gasteiger partial charge in [-0.25, -0.2) is 4.79 Å². The first-order valence-corrected chi connectivity index (χ1v) is 9.33. The molecule has 1 heterocycles. The van der Waals surface area contributed by atoms with E-state index in [4.69, 9.17) is 0 Å². The van der Waals surface area contributed by atoms with Gasteiger partial charge in [0.1, 0.15) is 0 Å². The van der Waals surface area contributed by atoms with Gasteiger partial charge >= 0.3 is 6.09 Å². The van der Waals surface area contributed by atoms with Crippen LogP contribution in [0.25, 0.3) is 0 Å². The minimum absolute atomic E-state index is 0.126. The standard InChI is InChI=1S/C20H28N2O3/c1-14(2)16-7-5-15(6-8-16)12-22(18-9-10-18)19(23)17-4-3-11-21(13-17)20(24)25/h5-8,14,17-18H,3-4,9-13H2,1-2H3,(H,24,25)/t17-/m1/s1. The molecule has 136 valence electrons. The Hall–Kier alpha value is -2.04. The van der Waals surface area contributed by atoms with Gasteiger partial charge in [0, 0.05) is 25.7 Å². The smallest absolute Gasteiger partial charge is 0.407 e. The SMILES string of the molecule is CC(C)c1ccc(CN(C(=O)[C@@H]2CCCN(C(=O)O)C2)C2CC2)cc1. The number of piperidine rings is 1. The lowest BCUT2D eigenvalue weighted by molar-refractivity contribution is -0.138. The normalized spacial score (nSPS) is 20.6. The van der Waals surface area contributed by atoms with Crippen LogP contribution in [0.1, 0.15) is 56.6 Å². The lowest BCUT2D eigenvalue weighted by atomic mass is 9.96. The summed E-state index contributed by atoms with van der Waals surface area (Å²) >= 11 is 0. The number of nitrogens with zero attached hydrogens (tertiary/aromatic N) is 2. The number of carbonyl (C=O) groups is 2. The van der Waals surface area contributed by atoms with Crippen LogP contribution in [0.2, 0.25) is 0 Å². The average molecular weight is 344 g/mol. The Labute approximate surface area is 149 Å². The van der Waals surface area contributed by atoms with Gasteiger partial charge in [0.2, 0.25) is 5.91 Å². The summed E-state index contributed by atoms with van der Waals surface area (Å²) in [6.07, 6.45) is 2.76. The molecule has 0 spiro atoms. The number of likely N-dealkylation sites (tertiary alicyclic amines) is 1. The van der Waals surface area contributed by atoms with Gasteiger partial charge in [-0.2, -0.15) is 0 Å². The van der Waals surface area contributed by atoms with Crippen molar-refractivity contribution < 1.29 is 14.7 Å². The molecule has 0 bridgehead atoms. The fourth-order valence-corrected chi connectivity index (χ4v) is 3.56. The Kier molecular flexibility index (Phi) is 5.30. The summed E-state index contributed by atoms with van der Waals surface area (Å²) in [7, 11) is 0. The summed E-state index contributed by atoms with van der Waals surface area (Å²) in [5.41, 5.74) is 2.45. The topological polar surface area (TPSA) is 60.9 Å². The van der Waals surface area contributed by atoms with E-state index in [1.165, 1.54) is 10.5 Å². The molecule has 1 atom stereocenters. The molecule has 2 fully saturated rings. The van der Waals surface area contributed by atoms with E-state index >= 15 is 0 Å². The summed E-state index contributed by atoms with van der Waals surface area (Å²) in [5.74, 6) is 0.432. The van der Waals surface area contributed by atoms with Crippen LogP contribution in [0, 0.1) is 5.92 Å². The molecule has 1 saturated heterocycles. The predicted octanol–water partition coefficient (Wildman–Crippen LogP) is 3.69. The molecule has 1 saturated carbocycles. The van der Waals surface area contributed by atoms with Crippen molar-refractivity contribution in [3.8, 4) is 0 Å². The highest BCUT2D eigenvalue weighted by Crippen LogP contribution is 2.31. The highest BCUT2D eigenvalue weighted by Gasteiger charge is 2.37. The summed E-state index contributed by atoms with van der Waals surface area (Å²) in [6, 6.07) is 8.84. The zero-order valence-corrected chi connectivity index (χ0v) is 15.1. The summed E-state index contributed by atoms with van der Waals surface area (Å²) in [5, 5.41) is 9.20. The molecule has 0 aromatic heterocycles. The molecule has 1 N–H and O–H groups in total. The first-order valence-electron chi connectivity index (χ1n) is 9.33. The van der Waals surface area contributed by atoms with Crippen LogP contribution in [0.4, 0.5) is 4.79 Å². The number of rotatable bonds is 5. The number of carbonyl (C=O) groups excluding carboxylic acids is 1. The molecule has 2 aliphatic rings. The highest BCUT2D eigenvalue weighted by atomic mass is 16.4. The van der Waals surface area contributed by atoms with Gasteiger partial charge in [-0.1, -0.05) is 38.1 Å². The van der Waals surface area contributed by atoms with E-state index in [-0.39, 0.29) is 11.8 Å². The number of carboxylic acid groups (broad SMARTS) is 1. The van der Waals surface area contributed by atoms with Crippen LogP contribution in [0.3, 0.4) is 0 Å². The largest absolute Gasteiger partial charge is 0.465 e. The fraction of sp³-hybridized carbons (Fsp3) is 0.600. The molecule has 1 aromatic carbocycles. The van der Waals surface area contributed by atoms with Crippen molar-refractivity contribution in [3.05, 3.63) is 35.4 Å². The second-order valence-electron chi connectivity index (χ2n) is 7.66. The molecule has 0 unspecified atom stereocenters. The lowest BCUT2D eigenvalue weighted by Gasteiger charge is -2.34. The maximum Gasteiger partial charge on any atom is 0.407 e. The van der Waals surface area contributed by atoms with Crippen molar-refractivity contribution in [2.75, 3.05) is 13.1 Å². The molecular weight excluding hydrogens is 316 g/mol. The minimum Gasteiger partial charge on any atom is -0.465 e. The van der Waals surface area contributed by atoms with Crippen molar-refractivity contribution in [2.24, 2.45) is 5.92 Å². The van der Waals surface area contributed by atoms with E-state index in [9.17, 15) is 14.7 Å². The van der Waals surface area contributed by atoms with Crippen LogP contribution in [0.5, 0.6) is 0 Å². The molecular formula is C20H28N2O3. The van der Waals surface area contributed by atoms with Crippen molar-refractivity contribution in [2.45, 2.75) is 58.0 Å². The molecule has 5 heteroatoms. The molecule has 25 heavy (non-hydrogen) atoms. The summed E-state index contributed by atoms with van der Waals surface area (Å²) in [4.78, 5) is 27.6. The van der Waals surface area contributed by atoms with Crippen LogP contribution < -0.4 is 0 Å². The predicted molar refractivity (Wildman–Crippen MR) is 96.4 cm³/mol. The van der Waals surface area contributed by atoms with Gasteiger partial charge < -0.3 is 14.9 Å². The minimum atomic E-state index is -0.917. The van der Waals surface area contributed by atoms with Crippen molar-refractivity contribution in [1.29, 1.82) is 0 Å². The van der Waals surface area contributed by atoms with Crippen molar-refractivity contribution in [3.63, 3.8) is 0 Å². The zero-order valence-electron chi connectivity index (χ0n) is 15.1. The van der Waals surface area contributed by atoms with E-state index in [0.717, 1.165) is 31.2 Å². The van der Waals surface area contributed by atoms with Gasteiger partial charge in [0.25, 0.3) is 0 Å². The third-order valence-electron chi connectivity index (χ3n) is 5.31. The first-order chi connectivity index (χ1) is 12.0. The van der Waals surface area contributed by atoms with E-state index in [0.29, 0.717) is 31.6 Å². The fourth-order valence-electron chi connectivity index (χ4n) is 3.56. The Balaban J connectivity index is 1.68. The van der Waals surface area contributed by atoms with Crippen LogP contribution in [-0.4, -0.2) is 46.0 Å². The Morgan fingerprint density at radius 3 is 2.44 bits per heavy atom. The maximum absolute atomic E-state index is 13.0. The molecule has 1 aliphatic heterocycles. The van der Waals surface area contributed by atoms with Gasteiger partial charge in [-0.15, -0.1) is 0 Å². The van der Waals surface area contributed by atoms with Gasteiger partial charge in [-0.3, -0.25) is 4.79 Å². The third-order valence-corrected chi connectivity index (χ3v) is 5.31. The zero-order chi connectivity index (χ0) is 18.0. The third kappa shape index (κ3) is 4.33. The monoisotopic (exact) mass is 344 g/mol. The van der Waals surface area contributed by atoms with E-state index in [2.05, 4.69) is 38.1 Å². The van der Waals surface area contributed by atoms with E-state index < -0.39 is 6.09 Å². The van der Waals surface area contributed by atoms with Crippen LogP contribution in [-0.2, 0) is 11.3 Å². The second-order valence-corrected chi connectivity index (χ2v) is 7.66. The maximum atomic E-state index is 13.0. The summed E-state index contributed by atoms with van der Waals surface area (Å²) < 4.78 is 0. The average Bonchev–Trinajstić information content (AvgIpc) is 3.44. The summed E-state index contributed by atoms with van der Waals surface area (Å²) in [6.45, 7) is 5.85. The van der Waals surface area contributed by atoms with Crippen LogP contribution in [0.15, 0.2) is 24.3 Å². The van der Waals surface area contributed by atoms with E-state index in [1.54, 1.807) is 0 Å². The molecule has 1 aliphatic carbocycles. The molecule has 1 aromatic rings. The number of hydrogen-bond donors (Lipinski definition) is 1. The number of amides is 2. The number of hydrogen-bond acceptors (Lipinski definition) is 2. The highest BCUT2D eigenvalue weighted by molar-refractivity contribution is 5.80. The Bertz CT molecular complexity index is 622. The van der Waals surface area contributed by atoms with Gasteiger partial charge in [0.05, 0.1) is 5.92 Å². The Morgan fingerprint density at radius 1 is 1.20 bits per heavy atom. The quantitative estimate of drug-likeness (QED) is 0.886. The second kappa shape index (κ2) is 7.46. The number of benzene rings is 1. The molecule has 0 radical (unpaired) electrons.